The topological polar surface area (TPSA) is 93.7 Å². The Morgan fingerprint density at radius 3 is 2.69 bits per heavy atom. The van der Waals surface area contributed by atoms with E-state index in [1.807, 2.05) is 25.1 Å². The van der Waals surface area contributed by atoms with Crippen LogP contribution >= 0.6 is 0 Å². The molecule has 1 aromatic rings. The van der Waals surface area contributed by atoms with Crippen LogP contribution in [0.2, 0.25) is 0 Å². The average Bonchev–Trinajstić information content (AvgIpc) is 2.65. The van der Waals surface area contributed by atoms with Crippen LogP contribution in [0, 0.1) is 12.8 Å². The third-order valence-corrected chi connectivity index (χ3v) is 4.02. The minimum absolute atomic E-state index is 0.190. The summed E-state index contributed by atoms with van der Waals surface area (Å²) < 4.78 is 10.2. The molecule has 26 heavy (non-hydrogen) atoms. The number of carbonyl (C=O) groups excluding carboxylic acids is 3. The van der Waals surface area contributed by atoms with Crippen molar-refractivity contribution >= 4 is 23.5 Å². The fourth-order valence-corrected chi connectivity index (χ4v) is 2.61. The summed E-state index contributed by atoms with van der Waals surface area (Å²) in [6, 6.07) is 5.40. The van der Waals surface area contributed by atoms with Gasteiger partial charge in [-0.2, -0.15) is 0 Å². The Balaban J connectivity index is 1.73. The number of benzene rings is 1. The maximum atomic E-state index is 12.0. The van der Waals surface area contributed by atoms with Crippen molar-refractivity contribution in [1.82, 2.24) is 5.32 Å². The zero-order chi connectivity index (χ0) is 18.9. The van der Waals surface area contributed by atoms with Gasteiger partial charge in [-0.05, 0) is 43.9 Å². The molecule has 0 spiro atoms. The number of rotatable bonds is 7. The van der Waals surface area contributed by atoms with Crippen molar-refractivity contribution in [2.45, 2.75) is 26.2 Å². The summed E-state index contributed by atoms with van der Waals surface area (Å²) in [5, 5.41) is 5.11. The quantitative estimate of drug-likeness (QED) is 0.573. The molecule has 0 radical (unpaired) electrons. The molecule has 1 atom stereocenters. The number of hydrogen-bond donors (Lipinski definition) is 2. The lowest BCUT2D eigenvalue weighted by Crippen LogP contribution is -2.36. The predicted octanol–water partition coefficient (Wildman–Crippen LogP) is 1.96. The summed E-state index contributed by atoms with van der Waals surface area (Å²) >= 11 is 0. The smallest absolute Gasteiger partial charge is 0.309 e. The number of nitrogens with one attached hydrogen (secondary N) is 2. The molecule has 2 amide bonds. The highest BCUT2D eigenvalue weighted by Crippen LogP contribution is 2.25. The zero-order valence-electron chi connectivity index (χ0n) is 15.0. The van der Waals surface area contributed by atoms with Gasteiger partial charge in [-0.3, -0.25) is 14.4 Å². The summed E-state index contributed by atoms with van der Waals surface area (Å²) in [6.07, 6.45) is 6.19. The monoisotopic (exact) mass is 360 g/mol. The number of aryl methyl sites for hydroxylation is 1. The third-order valence-electron chi connectivity index (χ3n) is 4.02. The minimum atomic E-state index is -0.518. The van der Waals surface area contributed by atoms with Gasteiger partial charge in [-0.25, -0.2) is 0 Å². The Kier molecular flexibility index (Phi) is 7.20. The van der Waals surface area contributed by atoms with Crippen LogP contribution in [0.3, 0.4) is 0 Å². The molecule has 0 saturated heterocycles. The van der Waals surface area contributed by atoms with Crippen molar-refractivity contribution in [3.8, 4) is 5.75 Å². The fraction of sp³-hybridized carbons (Fsp3) is 0.421. The van der Waals surface area contributed by atoms with Gasteiger partial charge < -0.3 is 20.1 Å². The Hall–Kier alpha value is -2.83. The SMILES string of the molecule is COc1ccc(C)cc1NC(=O)CNC(=O)COC(=O)[C@H]1CC=CCC1. The summed E-state index contributed by atoms with van der Waals surface area (Å²) in [4.78, 5) is 35.6. The third kappa shape index (κ3) is 5.91. The highest BCUT2D eigenvalue weighted by Gasteiger charge is 2.21. The van der Waals surface area contributed by atoms with Gasteiger partial charge >= 0.3 is 5.97 Å². The van der Waals surface area contributed by atoms with E-state index in [1.54, 1.807) is 12.1 Å². The van der Waals surface area contributed by atoms with E-state index in [0.29, 0.717) is 17.9 Å². The number of hydrogen-bond acceptors (Lipinski definition) is 5. The average molecular weight is 360 g/mol. The largest absolute Gasteiger partial charge is 0.495 e. The van der Waals surface area contributed by atoms with E-state index in [1.165, 1.54) is 7.11 Å². The summed E-state index contributed by atoms with van der Waals surface area (Å²) in [6.45, 7) is 1.28. The van der Waals surface area contributed by atoms with Crippen LogP contribution in [0.25, 0.3) is 0 Å². The highest BCUT2D eigenvalue weighted by atomic mass is 16.5. The van der Waals surface area contributed by atoms with E-state index in [-0.39, 0.29) is 25.0 Å². The van der Waals surface area contributed by atoms with Crippen LogP contribution in [0.15, 0.2) is 30.4 Å². The standard InChI is InChI=1S/C19H24N2O5/c1-13-8-9-16(25-2)15(10-13)21-17(22)11-20-18(23)12-26-19(24)14-6-4-3-5-7-14/h3-4,8-10,14H,5-7,11-12H2,1-2H3,(H,20,23)(H,21,22)/t14-/m0/s1. The van der Waals surface area contributed by atoms with E-state index in [2.05, 4.69) is 10.6 Å². The number of amides is 2. The Labute approximate surface area is 152 Å². The molecule has 0 fully saturated rings. The molecule has 0 heterocycles. The first-order chi connectivity index (χ1) is 12.5. The van der Waals surface area contributed by atoms with E-state index in [9.17, 15) is 14.4 Å². The van der Waals surface area contributed by atoms with Crippen molar-refractivity contribution in [2.75, 3.05) is 25.6 Å². The molecule has 1 aromatic carbocycles. The van der Waals surface area contributed by atoms with Crippen LogP contribution in [-0.4, -0.2) is 38.0 Å². The van der Waals surface area contributed by atoms with E-state index >= 15 is 0 Å². The molecular weight excluding hydrogens is 336 g/mol. The summed E-state index contributed by atoms with van der Waals surface area (Å²) in [5.41, 5.74) is 1.50. The van der Waals surface area contributed by atoms with Crippen LogP contribution in [0.1, 0.15) is 24.8 Å². The van der Waals surface area contributed by atoms with Gasteiger partial charge in [0.1, 0.15) is 5.75 Å². The van der Waals surface area contributed by atoms with Crippen molar-refractivity contribution in [3.63, 3.8) is 0 Å². The Bertz CT molecular complexity index is 699. The van der Waals surface area contributed by atoms with Crippen LogP contribution < -0.4 is 15.4 Å². The summed E-state index contributed by atoms with van der Waals surface area (Å²) in [7, 11) is 1.51. The van der Waals surface area contributed by atoms with Gasteiger partial charge in [0.05, 0.1) is 25.3 Å². The minimum Gasteiger partial charge on any atom is -0.495 e. The number of ether oxygens (including phenoxy) is 2. The highest BCUT2D eigenvalue weighted by molar-refractivity contribution is 5.96. The van der Waals surface area contributed by atoms with E-state index in [4.69, 9.17) is 9.47 Å². The lowest BCUT2D eigenvalue weighted by molar-refractivity contribution is -0.152. The second kappa shape index (κ2) is 9.60. The molecule has 0 aromatic heterocycles. The number of methoxy groups -OCH3 is 1. The molecule has 0 aliphatic heterocycles. The second-order valence-corrected chi connectivity index (χ2v) is 6.12. The lowest BCUT2D eigenvalue weighted by Gasteiger charge is -2.16. The van der Waals surface area contributed by atoms with Crippen molar-refractivity contribution in [2.24, 2.45) is 5.92 Å². The molecule has 2 N–H and O–H groups in total. The number of carbonyl (C=O) groups is 3. The molecule has 140 valence electrons. The molecule has 0 saturated carbocycles. The van der Waals surface area contributed by atoms with Crippen molar-refractivity contribution in [3.05, 3.63) is 35.9 Å². The maximum absolute atomic E-state index is 12.0. The van der Waals surface area contributed by atoms with Crippen molar-refractivity contribution < 1.29 is 23.9 Å². The number of esters is 1. The molecule has 7 nitrogen and oxygen atoms in total. The lowest BCUT2D eigenvalue weighted by atomic mass is 9.95. The van der Waals surface area contributed by atoms with Gasteiger partial charge in [0, 0.05) is 0 Å². The first kappa shape index (κ1) is 19.5. The van der Waals surface area contributed by atoms with Gasteiger partial charge in [0.2, 0.25) is 5.91 Å². The Morgan fingerprint density at radius 1 is 1.19 bits per heavy atom. The predicted molar refractivity (Wildman–Crippen MR) is 96.8 cm³/mol. The normalized spacial score (nSPS) is 15.8. The van der Waals surface area contributed by atoms with Crippen LogP contribution in [0.4, 0.5) is 5.69 Å². The second-order valence-electron chi connectivity index (χ2n) is 6.12. The van der Waals surface area contributed by atoms with Gasteiger partial charge in [-0.1, -0.05) is 18.2 Å². The number of anilines is 1. The number of allylic oxidation sites excluding steroid dienone is 2. The zero-order valence-corrected chi connectivity index (χ0v) is 15.0. The molecule has 0 unspecified atom stereocenters. The van der Waals surface area contributed by atoms with Gasteiger partial charge in [-0.15, -0.1) is 0 Å². The van der Waals surface area contributed by atoms with Crippen molar-refractivity contribution in [1.29, 1.82) is 0 Å². The molecule has 2 rings (SSSR count). The van der Waals surface area contributed by atoms with Gasteiger partial charge in [0.15, 0.2) is 6.61 Å². The Morgan fingerprint density at radius 2 is 2.00 bits per heavy atom. The molecular formula is C19H24N2O5. The molecule has 1 aliphatic rings. The van der Waals surface area contributed by atoms with Gasteiger partial charge in [0.25, 0.3) is 5.91 Å². The molecule has 1 aliphatic carbocycles. The van der Waals surface area contributed by atoms with Crippen LogP contribution in [-0.2, 0) is 19.1 Å². The first-order valence-electron chi connectivity index (χ1n) is 8.52. The van der Waals surface area contributed by atoms with E-state index < -0.39 is 11.8 Å². The first-order valence-corrected chi connectivity index (χ1v) is 8.52. The molecule has 7 heteroatoms. The maximum Gasteiger partial charge on any atom is 0.309 e. The summed E-state index contributed by atoms with van der Waals surface area (Å²) in [5.74, 6) is -0.948. The van der Waals surface area contributed by atoms with Crippen LogP contribution in [0.5, 0.6) is 5.75 Å². The van der Waals surface area contributed by atoms with E-state index in [0.717, 1.165) is 18.4 Å². The fourth-order valence-electron chi connectivity index (χ4n) is 2.61. The molecule has 0 bridgehead atoms.